The lowest BCUT2D eigenvalue weighted by Gasteiger charge is -2.37. The van der Waals surface area contributed by atoms with E-state index < -0.39 is 0 Å². The normalized spacial score (nSPS) is 16.5. The number of carbonyl (C=O) groups is 1. The van der Waals surface area contributed by atoms with Crippen molar-refractivity contribution in [3.8, 4) is 5.75 Å². The van der Waals surface area contributed by atoms with E-state index in [1.165, 1.54) is 0 Å². The number of amides is 2. The van der Waals surface area contributed by atoms with Crippen molar-refractivity contribution in [3.63, 3.8) is 0 Å². The Morgan fingerprint density at radius 1 is 1.35 bits per heavy atom. The number of fused-ring (bicyclic) bond motifs is 1. The number of carbonyl (C=O) groups excluding carboxylic acids is 1. The molecule has 5 heteroatoms. The summed E-state index contributed by atoms with van der Waals surface area (Å²) in [6.45, 7) is 7.37. The molecule has 0 radical (unpaired) electrons. The van der Waals surface area contributed by atoms with E-state index in [2.05, 4.69) is 30.1 Å². The maximum Gasteiger partial charge on any atom is 0.317 e. The van der Waals surface area contributed by atoms with Gasteiger partial charge in [0.2, 0.25) is 0 Å². The monoisotopic (exact) mass is 319 g/mol. The van der Waals surface area contributed by atoms with Gasteiger partial charge in [-0.1, -0.05) is 31.9 Å². The second-order valence-corrected chi connectivity index (χ2v) is 6.07. The Kier molecular flexibility index (Phi) is 6.56. The molecular formula is C18H29N3O2. The topological polar surface area (TPSA) is 44.8 Å². The number of nitrogens with zero attached hydrogens (tertiary/aromatic N) is 2. The Balaban J connectivity index is 1.87. The number of nitrogens with one attached hydrogen (secondary N) is 1. The van der Waals surface area contributed by atoms with Gasteiger partial charge in [0, 0.05) is 20.1 Å². The molecule has 1 heterocycles. The SMILES string of the molecule is CCCCCNC(=O)N(C)CC1CN(CC)c2ccccc2O1. The van der Waals surface area contributed by atoms with E-state index in [4.69, 9.17) is 4.74 Å². The lowest BCUT2D eigenvalue weighted by atomic mass is 10.2. The standard InChI is InChI=1S/C18H29N3O2/c1-4-6-9-12-19-18(22)20(3)13-15-14-21(5-2)16-10-7-8-11-17(16)23-15/h7-8,10-11,15H,4-6,9,12-14H2,1-3H3,(H,19,22). The first-order valence-corrected chi connectivity index (χ1v) is 8.65. The van der Waals surface area contributed by atoms with Crippen molar-refractivity contribution in [3.05, 3.63) is 24.3 Å². The van der Waals surface area contributed by atoms with Crippen LogP contribution in [0.3, 0.4) is 0 Å². The minimum Gasteiger partial charge on any atom is -0.485 e. The lowest BCUT2D eigenvalue weighted by molar-refractivity contribution is 0.145. The van der Waals surface area contributed by atoms with Gasteiger partial charge >= 0.3 is 6.03 Å². The van der Waals surface area contributed by atoms with E-state index in [1.807, 2.05) is 25.2 Å². The van der Waals surface area contributed by atoms with Crippen LogP contribution in [0.4, 0.5) is 10.5 Å². The number of ether oxygens (including phenoxy) is 1. The van der Waals surface area contributed by atoms with Gasteiger partial charge in [-0.25, -0.2) is 4.79 Å². The van der Waals surface area contributed by atoms with Gasteiger partial charge < -0.3 is 19.9 Å². The fourth-order valence-electron chi connectivity index (χ4n) is 2.87. The Labute approximate surface area is 139 Å². The van der Waals surface area contributed by atoms with Gasteiger partial charge in [-0.15, -0.1) is 0 Å². The molecule has 0 saturated carbocycles. The molecule has 0 fully saturated rings. The van der Waals surface area contributed by atoms with Crippen LogP contribution in [0.15, 0.2) is 24.3 Å². The fourth-order valence-corrected chi connectivity index (χ4v) is 2.87. The average Bonchev–Trinajstić information content (AvgIpc) is 2.57. The number of hydrogen-bond acceptors (Lipinski definition) is 3. The summed E-state index contributed by atoms with van der Waals surface area (Å²) in [7, 11) is 1.83. The van der Waals surface area contributed by atoms with Crippen molar-refractivity contribution in [1.82, 2.24) is 10.2 Å². The van der Waals surface area contributed by atoms with Crippen molar-refractivity contribution in [1.29, 1.82) is 0 Å². The van der Waals surface area contributed by atoms with Crippen LogP contribution in [0.25, 0.3) is 0 Å². The van der Waals surface area contributed by atoms with Crippen LogP contribution in [0.5, 0.6) is 5.75 Å². The Hall–Kier alpha value is -1.91. The van der Waals surface area contributed by atoms with Crippen LogP contribution >= 0.6 is 0 Å². The molecule has 1 aliphatic heterocycles. The van der Waals surface area contributed by atoms with E-state index in [1.54, 1.807) is 4.90 Å². The molecule has 1 aromatic carbocycles. The second kappa shape index (κ2) is 8.65. The third-order valence-electron chi connectivity index (χ3n) is 4.19. The second-order valence-electron chi connectivity index (χ2n) is 6.07. The third-order valence-corrected chi connectivity index (χ3v) is 4.19. The zero-order valence-corrected chi connectivity index (χ0v) is 14.5. The number of anilines is 1. The highest BCUT2D eigenvalue weighted by Gasteiger charge is 2.26. The molecule has 1 atom stereocenters. The summed E-state index contributed by atoms with van der Waals surface area (Å²) < 4.78 is 6.06. The summed E-state index contributed by atoms with van der Waals surface area (Å²) >= 11 is 0. The van der Waals surface area contributed by atoms with Crippen LogP contribution < -0.4 is 15.0 Å². The van der Waals surface area contributed by atoms with E-state index in [-0.39, 0.29) is 12.1 Å². The van der Waals surface area contributed by atoms with Crippen molar-refractivity contribution in [2.45, 2.75) is 39.2 Å². The first kappa shape index (κ1) is 17.4. The molecule has 5 nitrogen and oxygen atoms in total. The predicted molar refractivity (Wildman–Crippen MR) is 94.3 cm³/mol. The van der Waals surface area contributed by atoms with Crippen LogP contribution in [0.2, 0.25) is 0 Å². The van der Waals surface area contributed by atoms with Crippen molar-refractivity contribution < 1.29 is 9.53 Å². The minimum atomic E-state index is -0.0217. The van der Waals surface area contributed by atoms with E-state index >= 15 is 0 Å². The van der Waals surface area contributed by atoms with Crippen LogP contribution in [-0.2, 0) is 0 Å². The van der Waals surface area contributed by atoms with Crippen molar-refractivity contribution in [2.24, 2.45) is 0 Å². The van der Waals surface area contributed by atoms with Gasteiger partial charge in [0.05, 0.1) is 18.8 Å². The van der Waals surface area contributed by atoms with Crippen LogP contribution in [-0.4, -0.2) is 50.3 Å². The highest BCUT2D eigenvalue weighted by Crippen LogP contribution is 2.32. The van der Waals surface area contributed by atoms with Gasteiger partial charge in [0.15, 0.2) is 0 Å². The number of likely N-dealkylation sites (N-methyl/N-ethyl adjacent to an activating group) is 2. The summed E-state index contributed by atoms with van der Waals surface area (Å²) in [6.07, 6.45) is 3.34. The highest BCUT2D eigenvalue weighted by atomic mass is 16.5. The van der Waals surface area contributed by atoms with Crippen molar-refractivity contribution in [2.75, 3.05) is 38.1 Å². The van der Waals surface area contributed by atoms with E-state index in [0.717, 1.165) is 50.3 Å². The quantitative estimate of drug-likeness (QED) is 0.786. The molecule has 1 aromatic rings. The summed E-state index contributed by atoms with van der Waals surface area (Å²) in [6, 6.07) is 8.07. The van der Waals surface area contributed by atoms with E-state index in [9.17, 15) is 4.79 Å². The fraction of sp³-hybridized carbons (Fsp3) is 0.611. The number of benzene rings is 1. The zero-order chi connectivity index (χ0) is 16.7. The molecule has 2 rings (SSSR count). The van der Waals surface area contributed by atoms with Gasteiger partial charge in [-0.05, 0) is 25.5 Å². The van der Waals surface area contributed by atoms with E-state index in [0.29, 0.717) is 6.54 Å². The molecule has 0 bridgehead atoms. The van der Waals surface area contributed by atoms with Gasteiger partial charge in [0.25, 0.3) is 0 Å². The van der Waals surface area contributed by atoms with Crippen molar-refractivity contribution >= 4 is 11.7 Å². The Bertz CT molecular complexity index is 507. The number of rotatable bonds is 7. The maximum absolute atomic E-state index is 12.1. The smallest absolute Gasteiger partial charge is 0.317 e. The number of urea groups is 1. The first-order valence-electron chi connectivity index (χ1n) is 8.65. The molecule has 0 aromatic heterocycles. The molecule has 1 unspecified atom stereocenters. The Morgan fingerprint density at radius 3 is 2.87 bits per heavy atom. The molecule has 23 heavy (non-hydrogen) atoms. The molecule has 128 valence electrons. The predicted octanol–water partition coefficient (Wildman–Crippen LogP) is 3.11. The van der Waals surface area contributed by atoms with Crippen LogP contribution in [0, 0.1) is 0 Å². The summed E-state index contributed by atoms with van der Waals surface area (Å²) in [5.41, 5.74) is 1.14. The molecule has 0 spiro atoms. The first-order chi connectivity index (χ1) is 11.2. The molecule has 1 aliphatic rings. The molecular weight excluding hydrogens is 290 g/mol. The Morgan fingerprint density at radius 2 is 2.13 bits per heavy atom. The maximum atomic E-state index is 12.1. The number of para-hydroxylation sites is 2. The molecule has 0 aliphatic carbocycles. The van der Waals surface area contributed by atoms with Crippen LogP contribution in [0.1, 0.15) is 33.1 Å². The number of hydrogen-bond donors (Lipinski definition) is 1. The summed E-state index contributed by atoms with van der Waals surface area (Å²) in [5.74, 6) is 0.905. The van der Waals surface area contributed by atoms with Gasteiger partial charge in [0.1, 0.15) is 11.9 Å². The summed E-state index contributed by atoms with van der Waals surface area (Å²) in [5, 5.41) is 2.97. The average molecular weight is 319 g/mol. The van der Waals surface area contributed by atoms with Gasteiger partial charge in [-0.3, -0.25) is 0 Å². The summed E-state index contributed by atoms with van der Waals surface area (Å²) in [4.78, 5) is 16.1. The largest absolute Gasteiger partial charge is 0.485 e. The third kappa shape index (κ3) is 4.78. The minimum absolute atomic E-state index is 0.00348. The van der Waals surface area contributed by atoms with Gasteiger partial charge in [-0.2, -0.15) is 0 Å². The highest BCUT2D eigenvalue weighted by molar-refractivity contribution is 5.73. The zero-order valence-electron chi connectivity index (χ0n) is 14.5. The molecule has 1 N–H and O–H groups in total. The number of unbranched alkanes of at least 4 members (excludes halogenated alkanes) is 2. The molecule has 0 saturated heterocycles. The lowest BCUT2D eigenvalue weighted by Crippen LogP contribution is -2.49. The molecule has 2 amide bonds.